The Morgan fingerprint density at radius 3 is 2.10 bits per heavy atom. The Labute approximate surface area is 168 Å². The Balaban J connectivity index is 1.38. The average Bonchev–Trinajstić information content (AvgIpc) is 2.78. The SMILES string of the molecule is O=C(COc1cccc2ccccc12)Oc1ccc(C(=O)c2ccccc2)cc1. The number of ether oxygens (including phenoxy) is 2. The summed E-state index contributed by atoms with van der Waals surface area (Å²) in [5.74, 6) is 0.396. The van der Waals surface area contributed by atoms with Crippen LogP contribution in [0.5, 0.6) is 11.5 Å². The van der Waals surface area contributed by atoms with E-state index in [1.165, 1.54) is 0 Å². The largest absolute Gasteiger partial charge is 0.481 e. The molecule has 4 aromatic carbocycles. The molecule has 0 unspecified atom stereocenters. The maximum atomic E-state index is 12.4. The summed E-state index contributed by atoms with van der Waals surface area (Å²) in [5, 5.41) is 1.98. The van der Waals surface area contributed by atoms with Crippen molar-refractivity contribution >= 4 is 22.5 Å². The van der Waals surface area contributed by atoms with Crippen LogP contribution in [0.2, 0.25) is 0 Å². The third-order valence-electron chi connectivity index (χ3n) is 4.48. The predicted octanol–water partition coefficient (Wildman–Crippen LogP) is 5.06. The molecule has 29 heavy (non-hydrogen) atoms. The van der Waals surface area contributed by atoms with Crippen LogP contribution >= 0.6 is 0 Å². The Hall–Kier alpha value is -3.92. The Morgan fingerprint density at radius 1 is 0.655 bits per heavy atom. The van der Waals surface area contributed by atoms with Gasteiger partial charge in [0, 0.05) is 16.5 Å². The minimum absolute atomic E-state index is 0.0808. The molecule has 0 aliphatic rings. The lowest BCUT2D eigenvalue weighted by Crippen LogP contribution is -2.17. The molecule has 4 nitrogen and oxygen atoms in total. The van der Waals surface area contributed by atoms with Crippen molar-refractivity contribution in [2.45, 2.75) is 0 Å². The van der Waals surface area contributed by atoms with Gasteiger partial charge in [-0.2, -0.15) is 0 Å². The van der Waals surface area contributed by atoms with E-state index in [2.05, 4.69) is 0 Å². The molecule has 0 fully saturated rings. The van der Waals surface area contributed by atoms with Crippen molar-refractivity contribution in [3.63, 3.8) is 0 Å². The number of fused-ring (bicyclic) bond motifs is 1. The minimum Gasteiger partial charge on any atom is -0.481 e. The van der Waals surface area contributed by atoms with Gasteiger partial charge < -0.3 is 9.47 Å². The minimum atomic E-state index is -0.514. The summed E-state index contributed by atoms with van der Waals surface area (Å²) >= 11 is 0. The average molecular weight is 382 g/mol. The third kappa shape index (κ3) is 4.33. The zero-order valence-corrected chi connectivity index (χ0v) is 15.6. The Bertz CT molecular complexity index is 1140. The molecule has 0 saturated carbocycles. The first-order valence-electron chi connectivity index (χ1n) is 9.22. The maximum Gasteiger partial charge on any atom is 0.349 e. The highest BCUT2D eigenvalue weighted by atomic mass is 16.6. The van der Waals surface area contributed by atoms with E-state index in [4.69, 9.17) is 9.47 Å². The van der Waals surface area contributed by atoms with Crippen LogP contribution < -0.4 is 9.47 Å². The van der Waals surface area contributed by atoms with Crippen molar-refractivity contribution in [2.75, 3.05) is 6.61 Å². The zero-order valence-electron chi connectivity index (χ0n) is 15.6. The molecule has 0 spiro atoms. The molecule has 0 bridgehead atoms. The van der Waals surface area contributed by atoms with Gasteiger partial charge in [-0.15, -0.1) is 0 Å². The van der Waals surface area contributed by atoms with Gasteiger partial charge in [0.1, 0.15) is 11.5 Å². The number of carbonyl (C=O) groups excluding carboxylic acids is 2. The van der Waals surface area contributed by atoms with Gasteiger partial charge in [-0.3, -0.25) is 4.79 Å². The van der Waals surface area contributed by atoms with Crippen LogP contribution in [-0.4, -0.2) is 18.4 Å². The molecule has 142 valence electrons. The van der Waals surface area contributed by atoms with Crippen LogP contribution in [0.4, 0.5) is 0 Å². The van der Waals surface area contributed by atoms with E-state index in [1.54, 1.807) is 36.4 Å². The highest BCUT2D eigenvalue weighted by Crippen LogP contribution is 2.25. The van der Waals surface area contributed by atoms with Crippen LogP contribution in [0.3, 0.4) is 0 Å². The van der Waals surface area contributed by atoms with Crippen molar-refractivity contribution in [2.24, 2.45) is 0 Å². The number of hydrogen-bond donors (Lipinski definition) is 0. The fraction of sp³-hybridized carbons (Fsp3) is 0.0400. The van der Waals surface area contributed by atoms with Crippen molar-refractivity contribution in [3.8, 4) is 11.5 Å². The van der Waals surface area contributed by atoms with Crippen molar-refractivity contribution < 1.29 is 19.1 Å². The summed E-state index contributed by atoms with van der Waals surface area (Å²) in [4.78, 5) is 24.6. The second-order valence-corrected chi connectivity index (χ2v) is 6.46. The highest BCUT2D eigenvalue weighted by molar-refractivity contribution is 6.09. The lowest BCUT2D eigenvalue weighted by molar-refractivity contribution is -0.136. The molecule has 4 heteroatoms. The Kier molecular flexibility index (Phi) is 5.34. The highest BCUT2D eigenvalue weighted by Gasteiger charge is 2.11. The van der Waals surface area contributed by atoms with Gasteiger partial charge in [0.25, 0.3) is 0 Å². The van der Waals surface area contributed by atoms with E-state index >= 15 is 0 Å². The normalized spacial score (nSPS) is 10.5. The van der Waals surface area contributed by atoms with Gasteiger partial charge in [-0.25, -0.2) is 4.79 Å². The number of hydrogen-bond acceptors (Lipinski definition) is 4. The molecule has 4 aromatic rings. The molecule has 0 amide bonds. The van der Waals surface area contributed by atoms with Crippen LogP contribution in [-0.2, 0) is 4.79 Å². The van der Waals surface area contributed by atoms with Crippen LogP contribution in [0, 0.1) is 0 Å². The fourth-order valence-corrected chi connectivity index (χ4v) is 3.05. The molecule has 0 heterocycles. The molecule has 0 aliphatic heterocycles. The lowest BCUT2D eigenvalue weighted by atomic mass is 10.0. The summed E-state index contributed by atoms with van der Waals surface area (Å²) in [6, 6.07) is 29.0. The second-order valence-electron chi connectivity index (χ2n) is 6.46. The lowest BCUT2D eigenvalue weighted by Gasteiger charge is -2.09. The van der Waals surface area contributed by atoms with Gasteiger partial charge >= 0.3 is 5.97 Å². The quantitative estimate of drug-likeness (QED) is 0.266. The summed E-state index contributed by atoms with van der Waals surface area (Å²) in [7, 11) is 0. The molecule has 4 rings (SSSR count). The monoisotopic (exact) mass is 382 g/mol. The predicted molar refractivity (Wildman–Crippen MR) is 111 cm³/mol. The number of ketones is 1. The molecular formula is C25H18O4. The van der Waals surface area contributed by atoms with Gasteiger partial charge in [0.2, 0.25) is 0 Å². The first kappa shape index (κ1) is 18.4. The molecule has 0 radical (unpaired) electrons. The van der Waals surface area contributed by atoms with Gasteiger partial charge in [-0.05, 0) is 35.7 Å². The number of carbonyl (C=O) groups is 2. The van der Waals surface area contributed by atoms with Crippen LogP contribution in [0.25, 0.3) is 10.8 Å². The van der Waals surface area contributed by atoms with Crippen molar-refractivity contribution in [1.29, 1.82) is 0 Å². The third-order valence-corrected chi connectivity index (χ3v) is 4.48. The number of rotatable bonds is 6. The van der Waals surface area contributed by atoms with Gasteiger partial charge in [0.15, 0.2) is 12.4 Å². The maximum absolute atomic E-state index is 12.4. The smallest absolute Gasteiger partial charge is 0.349 e. The van der Waals surface area contributed by atoms with E-state index in [1.807, 2.05) is 60.7 Å². The molecule has 0 aromatic heterocycles. The van der Waals surface area contributed by atoms with E-state index < -0.39 is 5.97 Å². The van der Waals surface area contributed by atoms with E-state index in [9.17, 15) is 9.59 Å². The molecular weight excluding hydrogens is 364 g/mol. The molecule has 0 atom stereocenters. The number of esters is 1. The zero-order chi connectivity index (χ0) is 20.1. The number of benzene rings is 4. The summed E-state index contributed by atoms with van der Waals surface area (Å²) in [6.07, 6.45) is 0. The molecule has 0 saturated heterocycles. The van der Waals surface area contributed by atoms with Gasteiger partial charge in [-0.1, -0.05) is 66.7 Å². The van der Waals surface area contributed by atoms with Crippen LogP contribution in [0.15, 0.2) is 97.1 Å². The standard InChI is InChI=1S/C25H18O4/c26-24(17-28-23-12-6-10-18-7-4-5-11-22(18)23)29-21-15-13-20(14-16-21)25(27)19-8-2-1-3-9-19/h1-16H,17H2. The summed E-state index contributed by atoms with van der Waals surface area (Å²) in [5.41, 5.74) is 1.14. The molecule has 0 N–H and O–H groups in total. The van der Waals surface area contributed by atoms with E-state index in [0.29, 0.717) is 22.6 Å². The van der Waals surface area contributed by atoms with E-state index in [-0.39, 0.29) is 12.4 Å². The first-order valence-corrected chi connectivity index (χ1v) is 9.22. The second kappa shape index (κ2) is 8.40. The summed E-state index contributed by atoms with van der Waals surface area (Å²) in [6.45, 7) is -0.210. The van der Waals surface area contributed by atoms with Gasteiger partial charge in [0.05, 0.1) is 0 Å². The van der Waals surface area contributed by atoms with Crippen molar-refractivity contribution in [3.05, 3.63) is 108 Å². The van der Waals surface area contributed by atoms with Crippen LogP contribution in [0.1, 0.15) is 15.9 Å². The topological polar surface area (TPSA) is 52.6 Å². The molecule has 0 aliphatic carbocycles. The fourth-order valence-electron chi connectivity index (χ4n) is 3.05. The Morgan fingerprint density at radius 2 is 1.31 bits per heavy atom. The first-order chi connectivity index (χ1) is 14.2. The van der Waals surface area contributed by atoms with E-state index in [0.717, 1.165) is 10.8 Å². The van der Waals surface area contributed by atoms with Crippen molar-refractivity contribution in [1.82, 2.24) is 0 Å². The summed E-state index contributed by atoms with van der Waals surface area (Å²) < 4.78 is 11.0.